The number of aromatic nitrogens is 3. The Labute approximate surface area is 60.8 Å². The van der Waals surface area contributed by atoms with Crippen molar-refractivity contribution in [3.05, 3.63) is 11.9 Å². The van der Waals surface area contributed by atoms with Crippen LogP contribution >= 0.6 is 0 Å². The van der Waals surface area contributed by atoms with E-state index < -0.39 is 0 Å². The summed E-state index contributed by atoms with van der Waals surface area (Å²) < 4.78 is 0. The van der Waals surface area contributed by atoms with E-state index in [4.69, 9.17) is 0 Å². The molecule has 0 fully saturated rings. The molecule has 1 N–H and O–H groups in total. The van der Waals surface area contributed by atoms with Gasteiger partial charge in [0.2, 0.25) is 0 Å². The first-order chi connectivity index (χ1) is 4.88. The first-order valence-corrected chi connectivity index (χ1v) is 3.74. The van der Waals surface area contributed by atoms with Crippen LogP contribution in [0.2, 0.25) is 0 Å². The van der Waals surface area contributed by atoms with E-state index in [2.05, 4.69) is 29.3 Å². The molecule has 0 saturated carbocycles. The molecule has 0 aromatic carbocycles. The third kappa shape index (κ3) is 1.35. The first-order valence-electron chi connectivity index (χ1n) is 3.74. The van der Waals surface area contributed by atoms with Crippen molar-refractivity contribution in [1.82, 2.24) is 15.4 Å². The van der Waals surface area contributed by atoms with Crippen LogP contribution in [0.4, 0.5) is 0 Å². The zero-order chi connectivity index (χ0) is 7.40. The molecule has 3 nitrogen and oxygen atoms in total. The van der Waals surface area contributed by atoms with E-state index in [-0.39, 0.29) is 0 Å². The van der Waals surface area contributed by atoms with Crippen LogP contribution in [-0.2, 0) is 0 Å². The molecule has 0 atom stereocenters. The molecule has 10 heavy (non-hydrogen) atoms. The van der Waals surface area contributed by atoms with Crippen LogP contribution in [0.3, 0.4) is 0 Å². The lowest BCUT2D eigenvalue weighted by Crippen LogP contribution is -1.94. The minimum Gasteiger partial charge on any atom is -0.265 e. The molecule has 0 spiro atoms. The van der Waals surface area contributed by atoms with Gasteiger partial charge in [-0.15, -0.1) is 5.10 Å². The van der Waals surface area contributed by atoms with Crippen LogP contribution in [-0.4, -0.2) is 15.4 Å². The summed E-state index contributed by atoms with van der Waals surface area (Å²) in [5.74, 6) is 0.582. The zero-order valence-corrected chi connectivity index (χ0v) is 6.46. The van der Waals surface area contributed by atoms with Crippen LogP contribution < -0.4 is 0 Å². The van der Waals surface area contributed by atoms with E-state index in [0.717, 1.165) is 18.5 Å². The first kappa shape index (κ1) is 7.25. The van der Waals surface area contributed by atoms with Crippen molar-refractivity contribution in [3.63, 3.8) is 0 Å². The Balaban J connectivity index is 2.64. The monoisotopic (exact) mass is 139 g/mol. The van der Waals surface area contributed by atoms with Crippen LogP contribution in [0.1, 0.15) is 38.3 Å². The summed E-state index contributed by atoms with van der Waals surface area (Å²) in [7, 11) is 0. The maximum absolute atomic E-state index is 3.95. The zero-order valence-electron chi connectivity index (χ0n) is 6.46. The van der Waals surface area contributed by atoms with Gasteiger partial charge in [-0.05, 0) is 12.8 Å². The molecule has 0 amide bonds. The molecule has 1 aromatic rings. The van der Waals surface area contributed by atoms with E-state index in [9.17, 15) is 0 Å². The second kappa shape index (κ2) is 3.34. The molecule has 3 heteroatoms. The largest absolute Gasteiger partial charge is 0.265 e. The number of hydrogen-bond donors (Lipinski definition) is 1. The molecule has 56 valence electrons. The van der Waals surface area contributed by atoms with E-state index in [1.54, 1.807) is 0 Å². The smallest absolute Gasteiger partial charge is 0.0855 e. The predicted octanol–water partition coefficient (Wildman–Crippen LogP) is 1.71. The topological polar surface area (TPSA) is 41.6 Å². The number of nitrogens with one attached hydrogen (secondary N) is 1. The van der Waals surface area contributed by atoms with Crippen molar-refractivity contribution in [2.75, 3.05) is 0 Å². The highest BCUT2D eigenvalue weighted by atomic mass is 15.3. The summed E-state index contributed by atoms with van der Waals surface area (Å²) in [6, 6.07) is 0. The van der Waals surface area contributed by atoms with Gasteiger partial charge in [-0.1, -0.05) is 19.1 Å². The molecule has 0 aliphatic heterocycles. The number of aromatic amines is 1. The fourth-order valence-electron chi connectivity index (χ4n) is 1.12. The van der Waals surface area contributed by atoms with Gasteiger partial charge in [0.25, 0.3) is 0 Å². The number of H-pyrrole nitrogens is 1. The SMILES string of the molecule is CCC(CC)c1c[nH]nn1. The minimum atomic E-state index is 0.582. The average molecular weight is 139 g/mol. The van der Waals surface area contributed by atoms with Crippen molar-refractivity contribution in [3.8, 4) is 0 Å². The molecule has 1 heterocycles. The van der Waals surface area contributed by atoms with Gasteiger partial charge in [-0.2, -0.15) is 0 Å². The summed E-state index contributed by atoms with van der Waals surface area (Å²) in [5.41, 5.74) is 1.09. The lowest BCUT2D eigenvalue weighted by atomic mass is 10.0. The van der Waals surface area contributed by atoms with Gasteiger partial charge in [0.1, 0.15) is 0 Å². The molecule has 1 aromatic heterocycles. The van der Waals surface area contributed by atoms with Gasteiger partial charge in [0.05, 0.1) is 5.69 Å². The summed E-state index contributed by atoms with van der Waals surface area (Å²) >= 11 is 0. The van der Waals surface area contributed by atoms with Crippen molar-refractivity contribution < 1.29 is 0 Å². The summed E-state index contributed by atoms with van der Waals surface area (Å²) in [4.78, 5) is 0. The van der Waals surface area contributed by atoms with Crippen molar-refractivity contribution >= 4 is 0 Å². The number of rotatable bonds is 3. The Kier molecular flexibility index (Phi) is 2.42. The van der Waals surface area contributed by atoms with Gasteiger partial charge in [0.15, 0.2) is 0 Å². The van der Waals surface area contributed by atoms with Gasteiger partial charge in [0, 0.05) is 12.1 Å². The lowest BCUT2D eigenvalue weighted by molar-refractivity contribution is 0.621. The lowest BCUT2D eigenvalue weighted by Gasteiger charge is -2.05. The maximum atomic E-state index is 3.95. The van der Waals surface area contributed by atoms with Gasteiger partial charge in [-0.25, -0.2) is 0 Å². The Morgan fingerprint density at radius 3 is 2.60 bits per heavy atom. The molecular weight excluding hydrogens is 126 g/mol. The predicted molar refractivity (Wildman–Crippen MR) is 39.7 cm³/mol. The molecule has 0 aliphatic carbocycles. The second-order valence-electron chi connectivity index (χ2n) is 2.41. The Bertz CT molecular complexity index is 165. The van der Waals surface area contributed by atoms with E-state index in [1.807, 2.05) is 6.20 Å². The van der Waals surface area contributed by atoms with Crippen LogP contribution in [0.25, 0.3) is 0 Å². The van der Waals surface area contributed by atoms with Crippen molar-refractivity contribution in [2.24, 2.45) is 0 Å². The Morgan fingerprint density at radius 1 is 1.50 bits per heavy atom. The molecule has 1 rings (SSSR count). The minimum absolute atomic E-state index is 0.582. The average Bonchev–Trinajstić information content (AvgIpc) is 2.43. The molecule has 0 aliphatic rings. The Hall–Kier alpha value is -0.860. The number of nitrogens with zero attached hydrogens (tertiary/aromatic N) is 2. The molecular formula is C7H13N3. The van der Waals surface area contributed by atoms with Gasteiger partial charge in [-0.3, -0.25) is 5.10 Å². The molecule has 0 radical (unpaired) electrons. The third-order valence-electron chi connectivity index (χ3n) is 1.84. The van der Waals surface area contributed by atoms with E-state index in [1.165, 1.54) is 0 Å². The normalized spacial score (nSPS) is 10.7. The van der Waals surface area contributed by atoms with E-state index >= 15 is 0 Å². The number of hydrogen-bond acceptors (Lipinski definition) is 2. The van der Waals surface area contributed by atoms with Crippen LogP contribution in [0.15, 0.2) is 6.20 Å². The summed E-state index contributed by atoms with van der Waals surface area (Å²) in [6.45, 7) is 4.34. The fraction of sp³-hybridized carbons (Fsp3) is 0.714. The summed E-state index contributed by atoms with van der Waals surface area (Å²) in [6.07, 6.45) is 4.16. The van der Waals surface area contributed by atoms with Gasteiger partial charge >= 0.3 is 0 Å². The standard InChI is InChI=1S/C7H13N3/c1-3-6(4-2)7-5-8-10-9-7/h5-6H,3-4H2,1-2H3,(H,8,9,10). The highest BCUT2D eigenvalue weighted by molar-refractivity contribution is 4.99. The van der Waals surface area contributed by atoms with Crippen LogP contribution in [0.5, 0.6) is 0 Å². The highest BCUT2D eigenvalue weighted by Gasteiger charge is 2.07. The van der Waals surface area contributed by atoms with Crippen molar-refractivity contribution in [2.45, 2.75) is 32.6 Å². The maximum Gasteiger partial charge on any atom is 0.0855 e. The Morgan fingerprint density at radius 2 is 2.20 bits per heavy atom. The second-order valence-corrected chi connectivity index (χ2v) is 2.41. The van der Waals surface area contributed by atoms with E-state index in [0.29, 0.717) is 5.92 Å². The quantitative estimate of drug-likeness (QED) is 0.692. The van der Waals surface area contributed by atoms with Crippen LogP contribution in [0, 0.1) is 0 Å². The molecule has 0 unspecified atom stereocenters. The molecule has 0 saturated heterocycles. The van der Waals surface area contributed by atoms with Gasteiger partial charge < -0.3 is 0 Å². The third-order valence-corrected chi connectivity index (χ3v) is 1.84. The highest BCUT2D eigenvalue weighted by Crippen LogP contribution is 2.18. The molecule has 0 bridgehead atoms. The van der Waals surface area contributed by atoms with Crippen molar-refractivity contribution in [1.29, 1.82) is 0 Å². The fourth-order valence-corrected chi connectivity index (χ4v) is 1.12. The summed E-state index contributed by atoms with van der Waals surface area (Å²) in [5, 5.41) is 10.3.